The second kappa shape index (κ2) is 7.95. The first-order chi connectivity index (χ1) is 12.4. The number of imidazole rings is 1. The van der Waals surface area contributed by atoms with Gasteiger partial charge in [0.1, 0.15) is 11.4 Å². The van der Waals surface area contributed by atoms with E-state index in [0.29, 0.717) is 5.69 Å². The standard InChI is InChI=1S/C17H15F2N3O2.C2H6/c1-9-4-5-13(12(18)6-9)21-15-11(17(23)24-3)8-22-10(2)7-20-16(22)14(15)19;1-2/h4-8,21H,1-3H3;1-2H3. The maximum absolute atomic E-state index is 14.9. The molecule has 1 N–H and O–H groups in total. The maximum Gasteiger partial charge on any atom is 0.341 e. The summed E-state index contributed by atoms with van der Waals surface area (Å²) in [6.45, 7) is 7.47. The number of nitrogens with one attached hydrogen (secondary N) is 1. The molecule has 0 spiro atoms. The number of halogens is 2. The van der Waals surface area contributed by atoms with Crippen molar-refractivity contribution in [3.05, 3.63) is 59.0 Å². The van der Waals surface area contributed by atoms with Crippen LogP contribution in [0.15, 0.2) is 30.6 Å². The molecule has 0 saturated carbocycles. The fourth-order valence-electron chi connectivity index (χ4n) is 2.44. The molecule has 0 aliphatic carbocycles. The van der Waals surface area contributed by atoms with Gasteiger partial charge in [-0.05, 0) is 31.5 Å². The number of aryl methyl sites for hydroxylation is 2. The predicted octanol–water partition coefficient (Wildman–Crippen LogP) is 4.79. The lowest BCUT2D eigenvalue weighted by atomic mass is 10.1. The molecule has 2 heterocycles. The van der Waals surface area contributed by atoms with Gasteiger partial charge in [0, 0.05) is 18.1 Å². The number of pyridine rings is 1. The number of anilines is 2. The Labute approximate surface area is 150 Å². The molecule has 0 saturated heterocycles. The van der Waals surface area contributed by atoms with Gasteiger partial charge in [0.05, 0.1) is 18.5 Å². The second-order valence-electron chi connectivity index (χ2n) is 5.42. The van der Waals surface area contributed by atoms with Crippen LogP contribution in [0.4, 0.5) is 20.2 Å². The number of benzene rings is 1. The van der Waals surface area contributed by atoms with Crippen LogP contribution < -0.4 is 5.32 Å². The molecule has 0 atom stereocenters. The fourth-order valence-corrected chi connectivity index (χ4v) is 2.44. The van der Waals surface area contributed by atoms with Gasteiger partial charge in [0.2, 0.25) is 0 Å². The molecule has 3 aromatic rings. The number of hydrogen-bond donors (Lipinski definition) is 1. The number of nitrogens with zero attached hydrogens (tertiary/aromatic N) is 2. The molecule has 0 bridgehead atoms. The minimum absolute atomic E-state index is 0.0372. The number of aromatic nitrogens is 2. The summed E-state index contributed by atoms with van der Waals surface area (Å²) >= 11 is 0. The Hall–Kier alpha value is -2.96. The average molecular weight is 361 g/mol. The highest BCUT2D eigenvalue weighted by Crippen LogP contribution is 2.29. The zero-order valence-corrected chi connectivity index (χ0v) is 15.4. The summed E-state index contributed by atoms with van der Waals surface area (Å²) in [5.74, 6) is -2.05. The normalized spacial score (nSPS) is 10.3. The molecule has 5 nitrogen and oxygen atoms in total. The third kappa shape index (κ3) is 3.51. The number of fused-ring (bicyclic) bond motifs is 1. The number of esters is 1. The van der Waals surface area contributed by atoms with Crippen molar-refractivity contribution in [2.45, 2.75) is 27.7 Å². The highest BCUT2D eigenvalue weighted by molar-refractivity contribution is 5.97. The van der Waals surface area contributed by atoms with Crippen LogP contribution in [0, 0.1) is 25.5 Å². The first kappa shape index (κ1) is 19.4. The van der Waals surface area contributed by atoms with Crippen LogP contribution in [0.25, 0.3) is 5.65 Å². The van der Waals surface area contributed by atoms with Crippen molar-refractivity contribution in [1.29, 1.82) is 0 Å². The molecule has 1 aromatic carbocycles. The van der Waals surface area contributed by atoms with E-state index in [1.807, 2.05) is 13.8 Å². The number of ether oxygens (including phenoxy) is 1. The summed E-state index contributed by atoms with van der Waals surface area (Å²) in [6.07, 6.45) is 2.90. The number of methoxy groups -OCH3 is 1. The van der Waals surface area contributed by atoms with Crippen molar-refractivity contribution in [3.8, 4) is 0 Å². The van der Waals surface area contributed by atoms with Crippen molar-refractivity contribution in [2.75, 3.05) is 12.4 Å². The Morgan fingerprint density at radius 2 is 1.92 bits per heavy atom. The Morgan fingerprint density at radius 3 is 2.54 bits per heavy atom. The Bertz CT molecular complexity index is 952. The van der Waals surface area contributed by atoms with Crippen molar-refractivity contribution >= 4 is 23.0 Å². The summed E-state index contributed by atoms with van der Waals surface area (Å²) in [5, 5.41) is 2.65. The molecule has 0 aliphatic rings. The van der Waals surface area contributed by atoms with Gasteiger partial charge in [0.15, 0.2) is 11.5 Å². The van der Waals surface area contributed by atoms with Gasteiger partial charge in [-0.25, -0.2) is 18.6 Å². The van der Waals surface area contributed by atoms with E-state index in [0.717, 1.165) is 5.56 Å². The summed E-state index contributed by atoms with van der Waals surface area (Å²) in [6, 6.07) is 4.47. The van der Waals surface area contributed by atoms with Crippen LogP contribution in [0.3, 0.4) is 0 Å². The molecule has 2 aromatic heterocycles. The Morgan fingerprint density at radius 1 is 1.23 bits per heavy atom. The van der Waals surface area contributed by atoms with Gasteiger partial charge in [-0.2, -0.15) is 0 Å². The molecule has 0 fully saturated rings. The fraction of sp³-hybridized carbons (Fsp3) is 0.263. The molecular weight excluding hydrogens is 340 g/mol. The van der Waals surface area contributed by atoms with Gasteiger partial charge < -0.3 is 14.5 Å². The molecule has 0 unspecified atom stereocenters. The highest BCUT2D eigenvalue weighted by Gasteiger charge is 2.22. The lowest BCUT2D eigenvalue weighted by Crippen LogP contribution is -2.11. The minimum Gasteiger partial charge on any atom is -0.465 e. The number of rotatable bonds is 3. The lowest BCUT2D eigenvalue weighted by molar-refractivity contribution is 0.0601. The SMILES string of the molecule is CC.COC(=O)c1cn2c(C)cnc2c(F)c1Nc1ccc(C)cc1F. The molecule has 26 heavy (non-hydrogen) atoms. The van der Waals surface area contributed by atoms with E-state index in [-0.39, 0.29) is 22.6 Å². The van der Waals surface area contributed by atoms with Crippen LogP contribution in [-0.4, -0.2) is 22.5 Å². The monoisotopic (exact) mass is 361 g/mol. The molecular formula is C19H21F2N3O2. The summed E-state index contributed by atoms with van der Waals surface area (Å²) < 4.78 is 35.1. The predicted molar refractivity (Wildman–Crippen MR) is 97.0 cm³/mol. The van der Waals surface area contributed by atoms with Gasteiger partial charge in [-0.15, -0.1) is 0 Å². The van der Waals surface area contributed by atoms with E-state index in [1.165, 1.54) is 36.0 Å². The van der Waals surface area contributed by atoms with Crippen molar-refractivity contribution in [3.63, 3.8) is 0 Å². The van der Waals surface area contributed by atoms with E-state index >= 15 is 0 Å². The van der Waals surface area contributed by atoms with Crippen LogP contribution in [0.2, 0.25) is 0 Å². The van der Waals surface area contributed by atoms with Crippen LogP contribution in [-0.2, 0) is 4.74 Å². The smallest absolute Gasteiger partial charge is 0.341 e. The van der Waals surface area contributed by atoms with Gasteiger partial charge >= 0.3 is 5.97 Å². The summed E-state index contributed by atoms with van der Waals surface area (Å²) in [4.78, 5) is 16.0. The zero-order chi connectivity index (χ0) is 19.4. The van der Waals surface area contributed by atoms with E-state index in [9.17, 15) is 13.6 Å². The molecule has 0 aliphatic heterocycles. The van der Waals surface area contributed by atoms with Crippen LogP contribution in [0.5, 0.6) is 0 Å². The average Bonchev–Trinajstić information content (AvgIpc) is 3.01. The van der Waals surface area contributed by atoms with Crippen LogP contribution >= 0.6 is 0 Å². The molecule has 138 valence electrons. The quantitative estimate of drug-likeness (QED) is 0.682. The lowest BCUT2D eigenvalue weighted by Gasteiger charge is -2.14. The van der Waals surface area contributed by atoms with Crippen molar-refractivity contribution in [1.82, 2.24) is 9.38 Å². The number of hydrogen-bond acceptors (Lipinski definition) is 4. The third-order valence-corrected chi connectivity index (χ3v) is 3.71. The Balaban J connectivity index is 0.00000117. The first-order valence-corrected chi connectivity index (χ1v) is 8.20. The van der Waals surface area contributed by atoms with E-state index in [4.69, 9.17) is 4.74 Å². The minimum atomic E-state index is -0.758. The van der Waals surface area contributed by atoms with Crippen LogP contribution in [0.1, 0.15) is 35.5 Å². The molecule has 3 rings (SSSR count). The molecule has 7 heteroatoms. The molecule has 0 radical (unpaired) electrons. The van der Waals surface area contributed by atoms with E-state index in [2.05, 4.69) is 10.3 Å². The van der Waals surface area contributed by atoms with E-state index in [1.54, 1.807) is 19.9 Å². The highest BCUT2D eigenvalue weighted by atomic mass is 19.1. The number of carbonyl (C=O) groups excluding carboxylic acids is 1. The van der Waals surface area contributed by atoms with Gasteiger partial charge in [0.25, 0.3) is 0 Å². The zero-order valence-electron chi connectivity index (χ0n) is 15.4. The summed E-state index contributed by atoms with van der Waals surface area (Å²) in [5.41, 5.74) is 1.24. The number of carbonyl (C=O) groups is 1. The summed E-state index contributed by atoms with van der Waals surface area (Å²) in [7, 11) is 1.20. The van der Waals surface area contributed by atoms with E-state index < -0.39 is 17.6 Å². The Kier molecular flexibility index (Phi) is 5.92. The molecule has 0 amide bonds. The van der Waals surface area contributed by atoms with Crippen molar-refractivity contribution < 1.29 is 18.3 Å². The third-order valence-electron chi connectivity index (χ3n) is 3.71. The van der Waals surface area contributed by atoms with Gasteiger partial charge in [-0.1, -0.05) is 19.9 Å². The largest absolute Gasteiger partial charge is 0.465 e. The maximum atomic E-state index is 14.9. The van der Waals surface area contributed by atoms with Gasteiger partial charge in [-0.3, -0.25) is 0 Å². The van der Waals surface area contributed by atoms with Crippen molar-refractivity contribution in [2.24, 2.45) is 0 Å². The first-order valence-electron chi connectivity index (χ1n) is 8.20. The topological polar surface area (TPSA) is 55.6 Å². The second-order valence-corrected chi connectivity index (χ2v) is 5.42.